The van der Waals surface area contributed by atoms with Crippen LogP contribution in [0.2, 0.25) is 0 Å². The van der Waals surface area contributed by atoms with E-state index in [4.69, 9.17) is 9.47 Å². The van der Waals surface area contributed by atoms with Crippen molar-refractivity contribution in [1.82, 2.24) is 10.6 Å². The molecule has 5 saturated carbocycles. The van der Waals surface area contributed by atoms with Gasteiger partial charge in [-0.25, -0.2) is 4.79 Å². The molecule has 8 nitrogen and oxygen atoms in total. The SMILES string of the molecule is C[C@@H]1CC([C@H](O)C(C)(C)O)OC2[C@H]1[C@@]1(C)CC[C@@]34C[C@@]35CC[C@H](OC(=O)NC3CNC3)C(C)(C)[C@@H]5CCC4[C@]1(C)[C@H]2O. The topological polar surface area (TPSA) is 120 Å². The van der Waals surface area contributed by atoms with Gasteiger partial charge in [-0.1, -0.05) is 34.6 Å². The van der Waals surface area contributed by atoms with Gasteiger partial charge in [-0.2, -0.15) is 0 Å². The van der Waals surface area contributed by atoms with E-state index in [1.165, 1.54) is 12.8 Å². The number of aliphatic hydroxyl groups excluding tert-OH is 2. The Morgan fingerprint density at radius 3 is 2.36 bits per heavy atom. The van der Waals surface area contributed by atoms with Crippen molar-refractivity contribution >= 4 is 6.09 Å². The lowest BCUT2D eigenvalue weighted by molar-refractivity contribution is -0.202. The van der Waals surface area contributed by atoms with Crippen LogP contribution in [0.15, 0.2) is 0 Å². The highest BCUT2D eigenvalue weighted by atomic mass is 16.6. The second kappa shape index (κ2) is 9.08. The fourth-order valence-corrected chi connectivity index (χ4v) is 12.9. The maximum absolute atomic E-state index is 12.8. The summed E-state index contributed by atoms with van der Waals surface area (Å²) in [6.07, 6.45) is 5.71. The number of ether oxygens (including phenoxy) is 2. The van der Waals surface area contributed by atoms with E-state index in [2.05, 4.69) is 45.3 Å². The third kappa shape index (κ3) is 3.62. The van der Waals surface area contributed by atoms with E-state index in [1.54, 1.807) is 13.8 Å². The van der Waals surface area contributed by atoms with Gasteiger partial charge in [0.25, 0.3) is 0 Å². The minimum Gasteiger partial charge on any atom is -0.446 e. The van der Waals surface area contributed by atoms with Crippen LogP contribution in [0.5, 0.6) is 0 Å². The Kier molecular flexibility index (Phi) is 6.44. The minimum absolute atomic E-state index is 0.0437. The van der Waals surface area contributed by atoms with Gasteiger partial charge in [0.2, 0.25) is 0 Å². The van der Waals surface area contributed by atoms with Gasteiger partial charge in [0.05, 0.1) is 30.0 Å². The molecule has 7 aliphatic rings. The molecule has 5 aliphatic carbocycles. The van der Waals surface area contributed by atoms with Crippen molar-refractivity contribution in [3.05, 3.63) is 0 Å². The Balaban J connectivity index is 1.14. The van der Waals surface area contributed by atoms with Gasteiger partial charge >= 0.3 is 6.09 Å². The lowest BCUT2D eigenvalue weighted by Gasteiger charge is -2.63. The van der Waals surface area contributed by atoms with E-state index in [0.29, 0.717) is 24.2 Å². The molecule has 0 aromatic rings. The van der Waals surface area contributed by atoms with Gasteiger partial charge in [-0.3, -0.25) is 0 Å². The summed E-state index contributed by atoms with van der Waals surface area (Å²) in [6.45, 7) is 16.7. The second-order valence-electron chi connectivity index (χ2n) is 17.5. The molecule has 2 heterocycles. The number of nitrogens with one attached hydrogen (secondary N) is 2. The molecule has 0 aromatic carbocycles. The molecule has 13 atom stereocenters. The number of rotatable bonds is 4. The molecule has 7 rings (SSSR count). The van der Waals surface area contributed by atoms with Crippen LogP contribution in [-0.2, 0) is 9.47 Å². The molecule has 42 heavy (non-hydrogen) atoms. The van der Waals surface area contributed by atoms with E-state index in [1.807, 2.05) is 0 Å². The highest BCUT2D eigenvalue weighted by Crippen LogP contribution is 2.89. The van der Waals surface area contributed by atoms with Crippen LogP contribution in [-0.4, -0.2) is 76.7 Å². The van der Waals surface area contributed by atoms with Crippen molar-refractivity contribution in [2.45, 2.75) is 142 Å². The number of hydrogen-bond donors (Lipinski definition) is 5. The monoisotopic (exact) mass is 588 g/mol. The van der Waals surface area contributed by atoms with Crippen molar-refractivity contribution in [1.29, 1.82) is 0 Å². The molecule has 7 fully saturated rings. The Hall–Kier alpha value is -0.930. The number of aliphatic hydroxyl groups is 3. The summed E-state index contributed by atoms with van der Waals surface area (Å²) in [4.78, 5) is 12.8. The summed E-state index contributed by atoms with van der Waals surface area (Å²) in [7, 11) is 0. The van der Waals surface area contributed by atoms with Crippen molar-refractivity contribution in [2.24, 2.45) is 50.7 Å². The number of amides is 1. The third-order valence-corrected chi connectivity index (χ3v) is 15.2. The first-order valence-corrected chi connectivity index (χ1v) is 16.9. The molecule has 1 amide bonds. The van der Waals surface area contributed by atoms with Gasteiger partial charge in [-0.05, 0) is 105 Å². The molecular weight excluding hydrogens is 532 g/mol. The number of fused-ring (bicyclic) bond motifs is 4. The zero-order chi connectivity index (χ0) is 30.3. The van der Waals surface area contributed by atoms with Crippen LogP contribution < -0.4 is 10.6 Å². The maximum Gasteiger partial charge on any atom is 0.407 e. The van der Waals surface area contributed by atoms with Gasteiger partial charge in [0.1, 0.15) is 12.2 Å². The van der Waals surface area contributed by atoms with Crippen LogP contribution in [0.4, 0.5) is 4.79 Å². The molecule has 3 unspecified atom stereocenters. The summed E-state index contributed by atoms with van der Waals surface area (Å²) in [5.41, 5.74) is -1.17. The predicted octanol–water partition coefficient (Wildman–Crippen LogP) is 4.00. The molecule has 238 valence electrons. The first-order chi connectivity index (χ1) is 19.5. The summed E-state index contributed by atoms with van der Waals surface area (Å²) in [6, 6.07) is 0.178. The number of alkyl carbamates (subject to hydrolysis) is 1. The van der Waals surface area contributed by atoms with Crippen molar-refractivity contribution < 1.29 is 29.6 Å². The molecule has 2 spiro atoms. The van der Waals surface area contributed by atoms with E-state index < -0.39 is 23.9 Å². The third-order valence-electron chi connectivity index (χ3n) is 15.2. The van der Waals surface area contributed by atoms with Crippen molar-refractivity contribution in [3.63, 3.8) is 0 Å². The zero-order valence-electron chi connectivity index (χ0n) is 26.9. The zero-order valence-corrected chi connectivity index (χ0v) is 26.9. The smallest absolute Gasteiger partial charge is 0.407 e. The largest absolute Gasteiger partial charge is 0.446 e. The van der Waals surface area contributed by atoms with Gasteiger partial charge in [-0.15, -0.1) is 0 Å². The Labute approximate surface area is 252 Å². The van der Waals surface area contributed by atoms with Crippen LogP contribution in [0.1, 0.15) is 99.8 Å². The lowest BCUT2D eigenvalue weighted by Crippen LogP contribution is -2.60. The van der Waals surface area contributed by atoms with Gasteiger partial charge in [0.15, 0.2) is 0 Å². The van der Waals surface area contributed by atoms with Crippen LogP contribution in [0.3, 0.4) is 0 Å². The van der Waals surface area contributed by atoms with Crippen molar-refractivity contribution in [2.75, 3.05) is 13.1 Å². The molecular formula is C34H56N2O6. The van der Waals surface area contributed by atoms with Crippen molar-refractivity contribution in [3.8, 4) is 0 Å². The molecule has 8 heteroatoms. The molecule has 0 aromatic heterocycles. The summed E-state index contributed by atoms with van der Waals surface area (Å²) >= 11 is 0. The molecule has 0 bridgehead atoms. The molecule has 2 aliphatic heterocycles. The van der Waals surface area contributed by atoms with E-state index in [9.17, 15) is 20.1 Å². The second-order valence-corrected chi connectivity index (χ2v) is 17.5. The van der Waals surface area contributed by atoms with Gasteiger partial charge in [0, 0.05) is 23.9 Å². The molecule has 5 N–H and O–H groups in total. The highest BCUT2D eigenvalue weighted by molar-refractivity contribution is 5.68. The average molecular weight is 589 g/mol. The number of carbonyl (C=O) groups is 1. The Morgan fingerprint density at radius 1 is 1.05 bits per heavy atom. The van der Waals surface area contributed by atoms with Crippen LogP contribution >= 0.6 is 0 Å². The predicted molar refractivity (Wildman–Crippen MR) is 158 cm³/mol. The quantitative estimate of drug-likeness (QED) is 0.337. The summed E-state index contributed by atoms with van der Waals surface area (Å²) in [5, 5.41) is 40.1. The summed E-state index contributed by atoms with van der Waals surface area (Å²) < 4.78 is 12.8. The van der Waals surface area contributed by atoms with E-state index in [0.717, 1.165) is 45.2 Å². The standard InChI is InChI=1S/C34H56N2O6/c1-18-14-20(26(37)30(4,5)40)41-25-24(18)31(6)12-13-34-17-33(34)11-10-23(42-28(39)36-19-15-35-16-19)29(2,3)21(33)8-9-22(34)32(31,7)27(25)38/h18-27,35,37-38,40H,8-17H2,1-7H3,(H,36,39)/t18-,20?,21+,22?,23+,24+,25?,26+,27+,31-,32-,33-,34+/m1/s1. The molecule has 2 saturated heterocycles. The Morgan fingerprint density at radius 2 is 1.71 bits per heavy atom. The molecule has 0 radical (unpaired) electrons. The summed E-state index contributed by atoms with van der Waals surface area (Å²) in [5.74, 6) is 1.46. The fraction of sp³-hybridized carbons (Fsp3) is 0.971. The first-order valence-electron chi connectivity index (χ1n) is 16.9. The maximum atomic E-state index is 12.8. The minimum atomic E-state index is -1.26. The fourth-order valence-electron chi connectivity index (χ4n) is 12.9. The Bertz CT molecular complexity index is 1120. The van der Waals surface area contributed by atoms with Crippen LogP contribution in [0.25, 0.3) is 0 Å². The van der Waals surface area contributed by atoms with E-state index in [-0.39, 0.29) is 57.3 Å². The lowest BCUT2D eigenvalue weighted by atomic mass is 9.41. The number of carbonyl (C=O) groups excluding carboxylic acids is 1. The van der Waals surface area contributed by atoms with E-state index >= 15 is 0 Å². The normalized spacial score (nSPS) is 53.3. The number of hydrogen-bond acceptors (Lipinski definition) is 7. The first kappa shape index (κ1) is 29.8. The van der Waals surface area contributed by atoms with Gasteiger partial charge < -0.3 is 35.4 Å². The average Bonchev–Trinajstić information content (AvgIpc) is 3.51. The van der Waals surface area contributed by atoms with Crippen LogP contribution in [0, 0.1) is 50.7 Å². The highest BCUT2D eigenvalue weighted by Gasteiger charge is 2.84.